The monoisotopic (exact) mass is 292 g/mol. The third-order valence-corrected chi connectivity index (χ3v) is 4.26. The first-order valence-electron chi connectivity index (χ1n) is 6.19. The molecule has 0 unspecified atom stereocenters. The van der Waals surface area contributed by atoms with Gasteiger partial charge in [-0.2, -0.15) is 0 Å². The molecule has 0 saturated carbocycles. The SMILES string of the molecule is CN1CCC(n2ccc3cc(Br)ccc32)CC1. The first kappa shape index (κ1) is 11.3. The Balaban J connectivity index is 1.95. The predicted octanol–water partition coefficient (Wildman–Crippen LogP) is 3.67. The van der Waals surface area contributed by atoms with Crippen LogP contribution in [0.25, 0.3) is 10.9 Å². The lowest BCUT2D eigenvalue weighted by atomic mass is 10.1. The highest BCUT2D eigenvalue weighted by Gasteiger charge is 2.18. The molecule has 2 nitrogen and oxygen atoms in total. The third-order valence-electron chi connectivity index (χ3n) is 3.76. The number of piperidine rings is 1. The Morgan fingerprint density at radius 1 is 1.18 bits per heavy atom. The Bertz CT molecular complexity index is 524. The number of hydrogen-bond acceptors (Lipinski definition) is 1. The molecule has 2 aromatic rings. The zero-order valence-electron chi connectivity index (χ0n) is 10.1. The molecule has 0 aliphatic carbocycles. The zero-order chi connectivity index (χ0) is 11.8. The molecule has 0 bridgehead atoms. The summed E-state index contributed by atoms with van der Waals surface area (Å²) in [7, 11) is 2.21. The molecule has 1 fully saturated rings. The van der Waals surface area contributed by atoms with Crippen LogP contribution in [-0.2, 0) is 0 Å². The second kappa shape index (κ2) is 4.46. The highest BCUT2D eigenvalue weighted by Crippen LogP contribution is 2.28. The van der Waals surface area contributed by atoms with Crippen LogP contribution in [0.2, 0.25) is 0 Å². The van der Waals surface area contributed by atoms with E-state index in [1.165, 1.54) is 36.8 Å². The van der Waals surface area contributed by atoms with E-state index in [-0.39, 0.29) is 0 Å². The highest BCUT2D eigenvalue weighted by atomic mass is 79.9. The van der Waals surface area contributed by atoms with Crippen LogP contribution >= 0.6 is 15.9 Å². The molecule has 3 rings (SSSR count). The van der Waals surface area contributed by atoms with E-state index < -0.39 is 0 Å². The van der Waals surface area contributed by atoms with Crippen molar-refractivity contribution in [1.82, 2.24) is 9.47 Å². The molecule has 90 valence electrons. The van der Waals surface area contributed by atoms with Crippen molar-refractivity contribution in [3.63, 3.8) is 0 Å². The summed E-state index contributed by atoms with van der Waals surface area (Å²) in [6.45, 7) is 2.42. The Hall–Kier alpha value is -0.800. The lowest BCUT2D eigenvalue weighted by Gasteiger charge is -2.30. The van der Waals surface area contributed by atoms with Crippen molar-refractivity contribution in [3.8, 4) is 0 Å². The van der Waals surface area contributed by atoms with Crippen LogP contribution in [0.15, 0.2) is 34.9 Å². The topological polar surface area (TPSA) is 8.17 Å². The third kappa shape index (κ3) is 2.14. The zero-order valence-corrected chi connectivity index (χ0v) is 11.7. The summed E-state index contributed by atoms with van der Waals surface area (Å²) < 4.78 is 3.61. The molecule has 0 spiro atoms. The lowest BCUT2D eigenvalue weighted by Crippen LogP contribution is -2.31. The average Bonchev–Trinajstić information content (AvgIpc) is 2.73. The number of rotatable bonds is 1. The first-order valence-corrected chi connectivity index (χ1v) is 6.98. The van der Waals surface area contributed by atoms with Gasteiger partial charge < -0.3 is 9.47 Å². The second-order valence-corrected chi connectivity index (χ2v) is 5.88. The van der Waals surface area contributed by atoms with Crippen LogP contribution in [-0.4, -0.2) is 29.6 Å². The number of hydrogen-bond donors (Lipinski definition) is 0. The fourth-order valence-corrected chi connectivity index (χ4v) is 3.11. The van der Waals surface area contributed by atoms with Crippen LogP contribution in [0.5, 0.6) is 0 Å². The average molecular weight is 293 g/mol. The summed E-state index contributed by atoms with van der Waals surface area (Å²) in [6, 6.07) is 9.44. The van der Waals surface area contributed by atoms with Crippen molar-refractivity contribution in [1.29, 1.82) is 0 Å². The van der Waals surface area contributed by atoms with Gasteiger partial charge in [0.25, 0.3) is 0 Å². The van der Waals surface area contributed by atoms with Crippen LogP contribution < -0.4 is 0 Å². The Labute approximate surface area is 110 Å². The standard InChI is InChI=1S/C14H17BrN2/c1-16-7-5-13(6-8-16)17-9-4-11-10-12(15)2-3-14(11)17/h2-4,9-10,13H,5-8H2,1H3. The van der Waals surface area contributed by atoms with Gasteiger partial charge in [-0.3, -0.25) is 0 Å². The van der Waals surface area contributed by atoms with Gasteiger partial charge >= 0.3 is 0 Å². The molecule has 2 heterocycles. The highest BCUT2D eigenvalue weighted by molar-refractivity contribution is 9.10. The molecule has 17 heavy (non-hydrogen) atoms. The van der Waals surface area contributed by atoms with Gasteiger partial charge in [-0.1, -0.05) is 15.9 Å². The molecular formula is C14H17BrN2. The number of aromatic nitrogens is 1. The molecular weight excluding hydrogens is 276 g/mol. The molecule has 1 aliphatic rings. The van der Waals surface area contributed by atoms with Crippen molar-refractivity contribution >= 4 is 26.8 Å². The largest absolute Gasteiger partial charge is 0.344 e. The van der Waals surface area contributed by atoms with Crippen LogP contribution in [0.4, 0.5) is 0 Å². The van der Waals surface area contributed by atoms with Gasteiger partial charge in [-0.15, -0.1) is 0 Å². The maximum absolute atomic E-state index is 3.53. The van der Waals surface area contributed by atoms with Crippen molar-refractivity contribution in [3.05, 3.63) is 34.9 Å². The van der Waals surface area contributed by atoms with Gasteiger partial charge in [0.05, 0.1) is 0 Å². The number of nitrogens with zero attached hydrogens (tertiary/aromatic N) is 2. The minimum absolute atomic E-state index is 0.671. The van der Waals surface area contributed by atoms with Crippen LogP contribution in [0.3, 0.4) is 0 Å². The van der Waals surface area contributed by atoms with Crippen molar-refractivity contribution < 1.29 is 0 Å². The van der Waals surface area contributed by atoms with E-state index in [4.69, 9.17) is 0 Å². The van der Waals surface area contributed by atoms with Crippen molar-refractivity contribution in [2.75, 3.05) is 20.1 Å². The fraction of sp³-hybridized carbons (Fsp3) is 0.429. The molecule has 1 saturated heterocycles. The molecule has 3 heteroatoms. The van der Waals surface area contributed by atoms with Crippen molar-refractivity contribution in [2.45, 2.75) is 18.9 Å². The van der Waals surface area contributed by atoms with E-state index in [1.807, 2.05) is 0 Å². The molecule has 0 radical (unpaired) electrons. The summed E-state index contributed by atoms with van der Waals surface area (Å²) in [4.78, 5) is 2.42. The summed E-state index contributed by atoms with van der Waals surface area (Å²) in [6.07, 6.45) is 4.76. The van der Waals surface area contributed by atoms with Crippen LogP contribution in [0.1, 0.15) is 18.9 Å². The second-order valence-electron chi connectivity index (χ2n) is 4.96. The number of likely N-dealkylation sites (tertiary alicyclic amines) is 1. The molecule has 0 amide bonds. The molecule has 1 aromatic carbocycles. The van der Waals surface area contributed by atoms with E-state index in [1.54, 1.807) is 0 Å². The Morgan fingerprint density at radius 2 is 1.94 bits per heavy atom. The number of fused-ring (bicyclic) bond motifs is 1. The summed E-state index contributed by atoms with van der Waals surface area (Å²) in [5, 5.41) is 1.33. The summed E-state index contributed by atoms with van der Waals surface area (Å²) >= 11 is 3.53. The van der Waals surface area contributed by atoms with E-state index in [0.29, 0.717) is 6.04 Å². The smallest absolute Gasteiger partial charge is 0.0483 e. The maximum Gasteiger partial charge on any atom is 0.0483 e. The summed E-state index contributed by atoms with van der Waals surface area (Å²) in [5.74, 6) is 0. The lowest BCUT2D eigenvalue weighted by molar-refractivity contribution is 0.224. The summed E-state index contributed by atoms with van der Waals surface area (Å²) in [5.41, 5.74) is 1.36. The Morgan fingerprint density at radius 3 is 2.71 bits per heavy atom. The van der Waals surface area contributed by atoms with E-state index in [0.717, 1.165) is 4.47 Å². The molecule has 1 aromatic heterocycles. The number of halogens is 1. The Kier molecular flexibility index (Phi) is 2.97. The molecule has 1 aliphatic heterocycles. The molecule has 0 atom stereocenters. The van der Waals surface area contributed by atoms with Crippen molar-refractivity contribution in [2.24, 2.45) is 0 Å². The van der Waals surface area contributed by atoms with E-state index in [2.05, 4.69) is 62.9 Å². The van der Waals surface area contributed by atoms with Gasteiger partial charge in [0.1, 0.15) is 0 Å². The van der Waals surface area contributed by atoms with Gasteiger partial charge in [-0.05, 0) is 57.2 Å². The molecule has 0 N–H and O–H groups in total. The van der Waals surface area contributed by atoms with E-state index in [9.17, 15) is 0 Å². The minimum Gasteiger partial charge on any atom is -0.344 e. The van der Waals surface area contributed by atoms with E-state index >= 15 is 0 Å². The predicted molar refractivity (Wildman–Crippen MR) is 75.4 cm³/mol. The number of benzene rings is 1. The minimum atomic E-state index is 0.671. The normalized spacial score (nSPS) is 18.9. The van der Waals surface area contributed by atoms with Gasteiger partial charge in [-0.25, -0.2) is 0 Å². The van der Waals surface area contributed by atoms with Gasteiger partial charge in [0.15, 0.2) is 0 Å². The van der Waals surface area contributed by atoms with Gasteiger partial charge in [0, 0.05) is 27.6 Å². The fourth-order valence-electron chi connectivity index (χ4n) is 2.73. The maximum atomic E-state index is 3.53. The quantitative estimate of drug-likeness (QED) is 0.779. The first-order chi connectivity index (χ1) is 8.24. The van der Waals surface area contributed by atoms with Crippen LogP contribution in [0, 0.1) is 0 Å². The van der Waals surface area contributed by atoms with Gasteiger partial charge in [0.2, 0.25) is 0 Å².